The van der Waals surface area contributed by atoms with Crippen molar-refractivity contribution in [2.24, 2.45) is 0 Å². The molecule has 0 aliphatic carbocycles. The van der Waals surface area contributed by atoms with Crippen LogP contribution in [0.25, 0.3) is 0 Å². The number of furan rings is 2. The van der Waals surface area contributed by atoms with Crippen LogP contribution in [0.4, 0.5) is 5.95 Å². The first-order chi connectivity index (χ1) is 13.7. The Kier molecular flexibility index (Phi) is 5.05. The lowest BCUT2D eigenvalue weighted by atomic mass is 10.3. The van der Waals surface area contributed by atoms with Crippen molar-refractivity contribution in [1.82, 2.24) is 20.2 Å². The lowest BCUT2D eigenvalue weighted by Gasteiger charge is -2.34. The second-order valence-corrected chi connectivity index (χ2v) is 6.26. The minimum atomic E-state index is -0.299. The molecular weight excluding hydrogens is 362 g/mol. The Balaban J connectivity index is 1.35. The standard InChI is InChI=1S/C19H19N5O4/c25-17(21-13-14-3-1-11-27-14)15-5-6-20-19(22-15)24-9-7-23(8-10-24)18(26)16-4-2-12-28-16/h1-6,11-12H,7-10,13H2,(H,21,25). The molecule has 2 amide bonds. The first kappa shape index (κ1) is 17.8. The Bertz CT molecular complexity index is 931. The molecule has 3 aromatic heterocycles. The van der Waals surface area contributed by atoms with E-state index >= 15 is 0 Å². The maximum Gasteiger partial charge on any atom is 0.289 e. The van der Waals surface area contributed by atoms with Crippen LogP contribution in [0.2, 0.25) is 0 Å². The second-order valence-electron chi connectivity index (χ2n) is 6.26. The summed E-state index contributed by atoms with van der Waals surface area (Å²) in [5.74, 6) is 1.04. The number of piperazine rings is 1. The molecule has 1 saturated heterocycles. The molecule has 0 atom stereocenters. The third kappa shape index (κ3) is 3.88. The molecule has 3 aromatic rings. The summed E-state index contributed by atoms with van der Waals surface area (Å²) in [5.41, 5.74) is 0.283. The van der Waals surface area contributed by atoms with Gasteiger partial charge in [0.1, 0.15) is 11.5 Å². The number of nitrogens with one attached hydrogen (secondary N) is 1. The third-order valence-electron chi connectivity index (χ3n) is 4.46. The van der Waals surface area contributed by atoms with Gasteiger partial charge in [0.05, 0.1) is 19.1 Å². The molecular formula is C19H19N5O4. The summed E-state index contributed by atoms with van der Waals surface area (Å²) in [7, 11) is 0. The Hall–Kier alpha value is -3.62. The lowest BCUT2D eigenvalue weighted by molar-refractivity contribution is 0.0714. The highest BCUT2D eigenvalue weighted by atomic mass is 16.3. The zero-order valence-corrected chi connectivity index (χ0v) is 15.1. The van der Waals surface area contributed by atoms with Crippen LogP contribution in [-0.2, 0) is 6.54 Å². The van der Waals surface area contributed by atoms with E-state index < -0.39 is 0 Å². The topological polar surface area (TPSA) is 105 Å². The van der Waals surface area contributed by atoms with Gasteiger partial charge in [0.15, 0.2) is 5.76 Å². The highest BCUT2D eigenvalue weighted by molar-refractivity contribution is 5.92. The fraction of sp³-hybridized carbons (Fsp3) is 0.263. The zero-order chi connectivity index (χ0) is 19.3. The van der Waals surface area contributed by atoms with Crippen LogP contribution >= 0.6 is 0 Å². The van der Waals surface area contributed by atoms with Gasteiger partial charge in [0.25, 0.3) is 11.8 Å². The van der Waals surface area contributed by atoms with Gasteiger partial charge in [-0.05, 0) is 30.3 Å². The molecule has 0 spiro atoms. The number of hydrogen-bond acceptors (Lipinski definition) is 7. The van der Waals surface area contributed by atoms with Gasteiger partial charge in [-0.15, -0.1) is 0 Å². The molecule has 4 heterocycles. The molecule has 1 aliphatic rings. The molecule has 1 aliphatic heterocycles. The van der Waals surface area contributed by atoms with E-state index in [2.05, 4.69) is 15.3 Å². The van der Waals surface area contributed by atoms with E-state index in [0.717, 1.165) is 0 Å². The zero-order valence-electron chi connectivity index (χ0n) is 15.1. The Morgan fingerprint density at radius 1 is 1.04 bits per heavy atom. The number of aromatic nitrogens is 2. The molecule has 0 bridgehead atoms. The summed E-state index contributed by atoms with van der Waals surface area (Å²) in [6.45, 7) is 2.49. The molecule has 0 unspecified atom stereocenters. The maximum absolute atomic E-state index is 12.3. The van der Waals surface area contributed by atoms with Gasteiger partial charge in [-0.1, -0.05) is 0 Å². The first-order valence-corrected chi connectivity index (χ1v) is 8.92. The number of hydrogen-bond donors (Lipinski definition) is 1. The quantitative estimate of drug-likeness (QED) is 0.715. The van der Waals surface area contributed by atoms with Crippen LogP contribution in [0.15, 0.2) is 57.9 Å². The van der Waals surface area contributed by atoms with E-state index in [-0.39, 0.29) is 17.5 Å². The number of amides is 2. The van der Waals surface area contributed by atoms with Crippen molar-refractivity contribution in [3.8, 4) is 0 Å². The molecule has 9 heteroatoms. The minimum Gasteiger partial charge on any atom is -0.467 e. The van der Waals surface area contributed by atoms with Crippen LogP contribution in [0.3, 0.4) is 0 Å². The predicted molar refractivity (Wildman–Crippen MR) is 98.7 cm³/mol. The number of rotatable bonds is 5. The first-order valence-electron chi connectivity index (χ1n) is 8.92. The molecule has 144 valence electrons. The van der Waals surface area contributed by atoms with Gasteiger partial charge in [-0.25, -0.2) is 9.97 Å². The van der Waals surface area contributed by atoms with Crippen LogP contribution < -0.4 is 10.2 Å². The lowest BCUT2D eigenvalue weighted by Crippen LogP contribution is -2.49. The van der Waals surface area contributed by atoms with Gasteiger partial charge in [-0.2, -0.15) is 0 Å². The van der Waals surface area contributed by atoms with Crippen molar-refractivity contribution in [1.29, 1.82) is 0 Å². The summed E-state index contributed by atoms with van der Waals surface area (Å²) in [5, 5.41) is 2.76. The fourth-order valence-electron chi connectivity index (χ4n) is 2.96. The summed E-state index contributed by atoms with van der Waals surface area (Å²) in [6.07, 6.45) is 4.60. The van der Waals surface area contributed by atoms with Gasteiger partial charge >= 0.3 is 0 Å². The van der Waals surface area contributed by atoms with E-state index in [9.17, 15) is 9.59 Å². The van der Waals surface area contributed by atoms with Crippen molar-refractivity contribution in [2.45, 2.75) is 6.54 Å². The number of carbonyl (C=O) groups is 2. The summed E-state index contributed by atoms with van der Waals surface area (Å²) in [4.78, 5) is 37.0. The Morgan fingerprint density at radius 2 is 1.82 bits per heavy atom. The van der Waals surface area contributed by atoms with E-state index in [1.165, 1.54) is 6.26 Å². The Labute approximate surface area is 161 Å². The summed E-state index contributed by atoms with van der Waals surface area (Å²) < 4.78 is 10.4. The Morgan fingerprint density at radius 3 is 2.54 bits per heavy atom. The van der Waals surface area contributed by atoms with Crippen molar-refractivity contribution >= 4 is 17.8 Å². The normalized spacial score (nSPS) is 14.1. The van der Waals surface area contributed by atoms with Gasteiger partial charge in [0, 0.05) is 32.4 Å². The van der Waals surface area contributed by atoms with Gasteiger partial charge in [0.2, 0.25) is 5.95 Å². The monoisotopic (exact) mass is 381 g/mol. The summed E-state index contributed by atoms with van der Waals surface area (Å²) in [6, 6.07) is 8.47. The molecule has 4 rings (SSSR count). The van der Waals surface area contributed by atoms with Crippen molar-refractivity contribution in [3.63, 3.8) is 0 Å². The van der Waals surface area contributed by atoms with Crippen LogP contribution in [-0.4, -0.2) is 52.9 Å². The average molecular weight is 381 g/mol. The molecule has 0 saturated carbocycles. The molecule has 28 heavy (non-hydrogen) atoms. The van der Waals surface area contributed by atoms with Crippen molar-refractivity contribution in [3.05, 3.63) is 66.3 Å². The van der Waals surface area contributed by atoms with Crippen molar-refractivity contribution in [2.75, 3.05) is 31.1 Å². The third-order valence-corrected chi connectivity index (χ3v) is 4.46. The number of anilines is 1. The van der Waals surface area contributed by atoms with E-state index in [0.29, 0.717) is 50.2 Å². The van der Waals surface area contributed by atoms with Crippen LogP contribution in [0.5, 0.6) is 0 Å². The fourth-order valence-corrected chi connectivity index (χ4v) is 2.96. The molecule has 0 aromatic carbocycles. The van der Waals surface area contributed by atoms with E-state index in [1.807, 2.05) is 4.90 Å². The SMILES string of the molecule is O=C(NCc1ccco1)c1ccnc(N2CCN(C(=O)c3ccco3)CC2)n1. The molecule has 9 nitrogen and oxygen atoms in total. The minimum absolute atomic E-state index is 0.128. The maximum atomic E-state index is 12.3. The van der Waals surface area contributed by atoms with E-state index in [1.54, 1.807) is 47.7 Å². The van der Waals surface area contributed by atoms with Crippen molar-refractivity contribution < 1.29 is 18.4 Å². The largest absolute Gasteiger partial charge is 0.467 e. The average Bonchev–Trinajstić information content (AvgIpc) is 3.46. The number of nitrogens with zero attached hydrogens (tertiary/aromatic N) is 4. The van der Waals surface area contributed by atoms with Gasteiger partial charge in [-0.3, -0.25) is 9.59 Å². The predicted octanol–water partition coefficient (Wildman–Crippen LogP) is 1.55. The highest BCUT2D eigenvalue weighted by Gasteiger charge is 2.25. The molecule has 0 radical (unpaired) electrons. The van der Waals surface area contributed by atoms with Crippen LogP contribution in [0.1, 0.15) is 26.8 Å². The van der Waals surface area contributed by atoms with Crippen LogP contribution in [0, 0.1) is 0 Å². The van der Waals surface area contributed by atoms with Gasteiger partial charge < -0.3 is 24.0 Å². The molecule has 1 N–H and O–H groups in total. The highest BCUT2D eigenvalue weighted by Crippen LogP contribution is 2.14. The molecule has 1 fully saturated rings. The second kappa shape index (κ2) is 7.95. The van der Waals surface area contributed by atoms with E-state index in [4.69, 9.17) is 8.83 Å². The number of carbonyl (C=O) groups excluding carboxylic acids is 2. The smallest absolute Gasteiger partial charge is 0.289 e. The summed E-state index contributed by atoms with van der Waals surface area (Å²) >= 11 is 0.